The molecule has 0 bridgehead atoms. The molecule has 2 aromatic carbocycles. The number of aromatic carboxylic acids is 1. The van der Waals surface area contributed by atoms with Gasteiger partial charge < -0.3 is 9.84 Å². The van der Waals surface area contributed by atoms with E-state index in [1.165, 1.54) is 49.7 Å². The molecular formula is C21H15ClN2O5S. The van der Waals surface area contributed by atoms with E-state index in [0.29, 0.717) is 21.9 Å². The van der Waals surface area contributed by atoms with Crippen LogP contribution < -0.4 is 9.46 Å². The van der Waals surface area contributed by atoms with E-state index in [4.69, 9.17) is 21.4 Å². The van der Waals surface area contributed by atoms with E-state index in [0.717, 1.165) is 0 Å². The molecule has 152 valence electrons. The van der Waals surface area contributed by atoms with Gasteiger partial charge in [-0.2, -0.15) is 0 Å². The van der Waals surface area contributed by atoms with Gasteiger partial charge in [0.15, 0.2) is 0 Å². The Bertz CT molecular complexity index is 1250. The maximum absolute atomic E-state index is 12.7. The Hall–Kier alpha value is -3.54. The van der Waals surface area contributed by atoms with Crippen LogP contribution >= 0.6 is 11.6 Å². The third kappa shape index (κ3) is 5.08. The number of pyridine rings is 1. The van der Waals surface area contributed by atoms with Crippen molar-refractivity contribution < 1.29 is 23.1 Å². The second kappa shape index (κ2) is 8.86. The van der Waals surface area contributed by atoms with Gasteiger partial charge in [0.1, 0.15) is 11.4 Å². The average Bonchev–Trinajstić information content (AvgIpc) is 2.74. The minimum absolute atomic E-state index is 0.0608. The smallest absolute Gasteiger partial charge is 0.354 e. The van der Waals surface area contributed by atoms with E-state index >= 15 is 0 Å². The second-order valence-corrected chi connectivity index (χ2v) is 8.08. The summed E-state index contributed by atoms with van der Waals surface area (Å²) in [7, 11) is -2.37. The number of aromatic nitrogens is 1. The maximum Gasteiger partial charge on any atom is 0.354 e. The van der Waals surface area contributed by atoms with E-state index < -0.39 is 16.0 Å². The van der Waals surface area contributed by atoms with E-state index in [-0.39, 0.29) is 16.3 Å². The van der Waals surface area contributed by atoms with Gasteiger partial charge in [0.05, 0.1) is 23.3 Å². The maximum atomic E-state index is 12.7. The van der Waals surface area contributed by atoms with Gasteiger partial charge in [0, 0.05) is 16.8 Å². The van der Waals surface area contributed by atoms with E-state index in [1.807, 2.05) is 0 Å². The highest BCUT2D eigenvalue weighted by Crippen LogP contribution is 2.24. The predicted molar refractivity (Wildman–Crippen MR) is 112 cm³/mol. The first-order valence-electron chi connectivity index (χ1n) is 8.46. The molecule has 1 aromatic heterocycles. The van der Waals surface area contributed by atoms with Gasteiger partial charge in [0.2, 0.25) is 0 Å². The van der Waals surface area contributed by atoms with Crippen LogP contribution in [0.4, 0.5) is 5.69 Å². The standard InChI is InChI=1S/C21H15ClN2O5S/c1-29-17-6-8-18(9-7-17)30(27,28)24-19-11-5-16(22)12-15(19)4-2-14-3-10-20(21(25)26)23-13-14/h3,5-13,24H,1H3,(H,25,26). The van der Waals surface area contributed by atoms with Crippen LogP contribution in [-0.2, 0) is 10.0 Å². The molecule has 2 N–H and O–H groups in total. The molecule has 0 aliphatic heterocycles. The number of anilines is 1. The fraction of sp³-hybridized carbons (Fsp3) is 0.0476. The van der Waals surface area contributed by atoms with Crippen molar-refractivity contribution in [2.45, 2.75) is 4.90 Å². The van der Waals surface area contributed by atoms with Crippen molar-refractivity contribution in [1.82, 2.24) is 4.98 Å². The number of carbonyl (C=O) groups is 1. The van der Waals surface area contributed by atoms with Crippen molar-refractivity contribution in [3.8, 4) is 17.6 Å². The van der Waals surface area contributed by atoms with Gasteiger partial charge in [-0.15, -0.1) is 0 Å². The third-order valence-electron chi connectivity index (χ3n) is 3.92. The number of methoxy groups -OCH3 is 1. The van der Waals surface area contributed by atoms with Crippen LogP contribution in [0.3, 0.4) is 0 Å². The zero-order valence-corrected chi connectivity index (χ0v) is 17.2. The molecule has 1 heterocycles. The molecule has 3 aromatic rings. The molecule has 0 fully saturated rings. The summed E-state index contributed by atoms with van der Waals surface area (Å²) in [5, 5.41) is 9.28. The molecule has 3 rings (SSSR count). The number of hydrogen-bond donors (Lipinski definition) is 2. The molecule has 30 heavy (non-hydrogen) atoms. The minimum Gasteiger partial charge on any atom is -0.497 e. The van der Waals surface area contributed by atoms with E-state index in [2.05, 4.69) is 21.5 Å². The zero-order chi connectivity index (χ0) is 21.7. The first-order valence-corrected chi connectivity index (χ1v) is 10.3. The Morgan fingerprint density at radius 1 is 1.10 bits per heavy atom. The second-order valence-electron chi connectivity index (χ2n) is 5.96. The van der Waals surface area contributed by atoms with Crippen LogP contribution in [0, 0.1) is 11.8 Å². The van der Waals surface area contributed by atoms with Crippen LogP contribution in [0.15, 0.2) is 65.7 Å². The number of carboxylic acids is 1. The Balaban J connectivity index is 1.91. The summed E-state index contributed by atoms with van der Waals surface area (Å²) in [6, 6.07) is 13.4. The highest BCUT2D eigenvalue weighted by atomic mass is 35.5. The molecule has 0 amide bonds. The molecule has 0 unspecified atom stereocenters. The number of benzene rings is 2. The van der Waals surface area contributed by atoms with Gasteiger partial charge in [0.25, 0.3) is 10.0 Å². The quantitative estimate of drug-likeness (QED) is 0.584. The molecule has 0 spiro atoms. The SMILES string of the molecule is COc1ccc(S(=O)(=O)Nc2ccc(Cl)cc2C#Cc2ccc(C(=O)O)nc2)cc1. The van der Waals surface area contributed by atoms with Crippen molar-refractivity contribution in [2.24, 2.45) is 0 Å². The molecule has 0 saturated carbocycles. The average molecular weight is 443 g/mol. The van der Waals surface area contributed by atoms with Crippen LogP contribution in [0.25, 0.3) is 0 Å². The number of ether oxygens (including phenoxy) is 1. The molecule has 7 nitrogen and oxygen atoms in total. The topological polar surface area (TPSA) is 106 Å². The Labute approximate surface area is 178 Å². The number of sulfonamides is 1. The van der Waals surface area contributed by atoms with Crippen LogP contribution in [-0.4, -0.2) is 31.6 Å². The summed E-state index contributed by atoms with van der Waals surface area (Å²) < 4.78 is 33.0. The van der Waals surface area contributed by atoms with Gasteiger partial charge in [-0.25, -0.2) is 18.2 Å². The summed E-state index contributed by atoms with van der Waals surface area (Å²) >= 11 is 6.04. The van der Waals surface area contributed by atoms with Gasteiger partial charge >= 0.3 is 5.97 Å². The van der Waals surface area contributed by atoms with Crippen molar-refractivity contribution >= 4 is 33.3 Å². The molecule has 0 saturated heterocycles. The Kier molecular flexibility index (Phi) is 6.26. The fourth-order valence-electron chi connectivity index (χ4n) is 2.40. The first kappa shape index (κ1) is 21.2. The number of rotatable bonds is 5. The number of nitrogens with zero attached hydrogens (tertiary/aromatic N) is 1. The highest BCUT2D eigenvalue weighted by molar-refractivity contribution is 7.92. The van der Waals surface area contributed by atoms with Gasteiger partial charge in [-0.3, -0.25) is 4.72 Å². The first-order chi connectivity index (χ1) is 14.3. The number of nitrogens with one attached hydrogen (secondary N) is 1. The van der Waals surface area contributed by atoms with Gasteiger partial charge in [-0.05, 0) is 54.6 Å². The molecule has 0 radical (unpaired) electrons. The lowest BCUT2D eigenvalue weighted by Crippen LogP contribution is -2.13. The minimum atomic E-state index is -3.87. The lowest BCUT2D eigenvalue weighted by Gasteiger charge is -2.11. The van der Waals surface area contributed by atoms with Crippen LogP contribution in [0.1, 0.15) is 21.6 Å². The molecular weight excluding hydrogens is 428 g/mol. The summed E-state index contributed by atoms with van der Waals surface area (Å²) in [5.74, 6) is 5.06. The zero-order valence-electron chi connectivity index (χ0n) is 15.6. The predicted octanol–water partition coefficient (Wildman–Crippen LogP) is 3.64. The largest absolute Gasteiger partial charge is 0.497 e. The summed E-state index contributed by atoms with van der Waals surface area (Å²) in [6.07, 6.45) is 1.32. The lowest BCUT2D eigenvalue weighted by atomic mass is 10.1. The lowest BCUT2D eigenvalue weighted by molar-refractivity contribution is 0.0690. The fourth-order valence-corrected chi connectivity index (χ4v) is 3.65. The van der Waals surface area contributed by atoms with Crippen molar-refractivity contribution in [2.75, 3.05) is 11.8 Å². The van der Waals surface area contributed by atoms with E-state index in [9.17, 15) is 13.2 Å². The monoisotopic (exact) mass is 442 g/mol. The third-order valence-corrected chi connectivity index (χ3v) is 5.54. The van der Waals surface area contributed by atoms with Crippen LogP contribution in [0.2, 0.25) is 5.02 Å². The molecule has 0 atom stereocenters. The molecule has 9 heteroatoms. The summed E-state index contributed by atoms with van der Waals surface area (Å²) in [6.45, 7) is 0. The van der Waals surface area contributed by atoms with Gasteiger partial charge in [-0.1, -0.05) is 23.4 Å². The highest BCUT2D eigenvalue weighted by Gasteiger charge is 2.16. The number of halogens is 1. The van der Waals surface area contributed by atoms with Crippen molar-refractivity contribution in [1.29, 1.82) is 0 Å². The summed E-state index contributed by atoms with van der Waals surface area (Å²) in [5.41, 5.74) is 0.958. The Morgan fingerprint density at radius 2 is 1.83 bits per heavy atom. The number of carboxylic acid groups (broad SMARTS) is 1. The van der Waals surface area contributed by atoms with Crippen molar-refractivity contribution in [3.63, 3.8) is 0 Å². The van der Waals surface area contributed by atoms with E-state index in [1.54, 1.807) is 18.2 Å². The Morgan fingerprint density at radius 3 is 2.43 bits per heavy atom. The molecule has 0 aliphatic rings. The molecule has 0 aliphatic carbocycles. The normalized spacial score (nSPS) is 10.6. The summed E-state index contributed by atoms with van der Waals surface area (Å²) in [4.78, 5) is 14.7. The van der Waals surface area contributed by atoms with Crippen LogP contribution in [0.5, 0.6) is 5.75 Å². The van der Waals surface area contributed by atoms with Crippen molar-refractivity contribution in [3.05, 3.63) is 82.6 Å². The number of hydrogen-bond acceptors (Lipinski definition) is 5.